The predicted molar refractivity (Wildman–Crippen MR) is 101 cm³/mol. The van der Waals surface area contributed by atoms with Gasteiger partial charge in [0.05, 0.1) is 12.8 Å². The van der Waals surface area contributed by atoms with Gasteiger partial charge in [0.15, 0.2) is 0 Å². The Kier molecular flexibility index (Phi) is 5.36. The number of phenols is 2. The first-order valence-electron chi connectivity index (χ1n) is 7.81. The SMILES string of the molecule is COc1ccc(Sc2ccccc2CNc2ccc(O)cc2O)cc1. The lowest BCUT2D eigenvalue weighted by atomic mass is 10.2. The van der Waals surface area contributed by atoms with Crippen molar-refractivity contribution in [3.8, 4) is 17.2 Å². The number of benzene rings is 3. The molecular formula is C20H19NO3S. The van der Waals surface area contributed by atoms with E-state index < -0.39 is 0 Å². The van der Waals surface area contributed by atoms with Gasteiger partial charge in [-0.25, -0.2) is 0 Å². The lowest BCUT2D eigenvalue weighted by molar-refractivity contribution is 0.414. The van der Waals surface area contributed by atoms with E-state index in [1.165, 1.54) is 6.07 Å². The molecule has 0 heterocycles. The van der Waals surface area contributed by atoms with E-state index in [1.54, 1.807) is 31.0 Å². The van der Waals surface area contributed by atoms with E-state index in [1.807, 2.05) is 36.4 Å². The molecule has 25 heavy (non-hydrogen) atoms. The van der Waals surface area contributed by atoms with Gasteiger partial charge in [-0.1, -0.05) is 30.0 Å². The van der Waals surface area contributed by atoms with Crippen LogP contribution in [-0.2, 0) is 6.54 Å². The van der Waals surface area contributed by atoms with Crippen LogP contribution in [0.4, 0.5) is 5.69 Å². The van der Waals surface area contributed by atoms with Crippen molar-refractivity contribution in [1.82, 2.24) is 0 Å². The first-order valence-corrected chi connectivity index (χ1v) is 8.63. The van der Waals surface area contributed by atoms with Crippen LogP contribution in [0.3, 0.4) is 0 Å². The fourth-order valence-electron chi connectivity index (χ4n) is 2.38. The van der Waals surface area contributed by atoms with Gasteiger partial charge in [0, 0.05) is 22.4 Å². The van der Waals surface area contributed by atoms with Gasteiger partial charge in [0.25, 0.3) is 0 Å². The zero-order valence-corrected chi connectivity index (χ0v) is 14.6. The summed E-state index contributed by atoms with van der Waals surface area (Å²) in [7, 11) is 1.65. The maximum atomic E-state index is 9.88. The average Bonchev–Trinajstić information content (AvgIpc) is 2.63. The second-order valence-corrected chi connectivity index (χ2v) is 6.56. The van der Waals surface area contributed by atoms with E-state index in [2.05, 4.69) is 17.4 Å². The molecule has 5 heteroatoms. The van der Waals surface area contributed by atoms with E-state index >= 15 is 0 Å². The average molecular weight is 353 g/mol. The van der Waals surface area contributed by atoms with Crippen LogP contribution in [-0.4, -0.2) is 17.3 Å². The third kappa shape index (κ3) is 4.39. The van der Waals surface area contributed by atoms with Crippen LogP contribution in [0.2, 0.25) is 0 Å². The number of methoxy groups -OCH3 is 1. The van der Waals surface area contributed by atoms with Crippen molar-refractivity contribution in [2.75, 3.05) is 12.4 Å². The lowest BCUT2D eigenvalue weighted by Crippen LogP contribution is -2.01. The van der Waals surface area contributed by atoms with Crippen LogP contribution in [0.25, 0.3) is 0 Å². The van der Waals surface area contributed by atoms with Crippen molar-refractivity contribution in [2.45, 2.75) is 16.3 Å². The molecule has 0 bridgehead atoms. The minimum Gasteiger partial charge on any atom is -0.508 e. The highest BCUT2D eigenvalue weighted by Gasteiger charge is 2.07. The quantitative estimate of drug-likeness (QED) is 0.436. The third-order valence-corrected chi connectivity index (χ3v) is 4.84. The van der Waals surface area contributed by atoms with Gasteiger partial charge < -0.3 is 20.3 Å². The molecule has 3 aromatic rings. The molecule has 4 nitrogen and oxygen atoms in total. The summed E-state index contributed by atoms with van der Waals surface area (Å²) in [5.74, 6) is 0.904. The van der Waals surface area contributed by atoms with Crippen LogP contribution in [0, 0.1) is 0 Å². The molecule has 3 rings (SSSR count). The molecule has 0 aliphatic rings. The van der Waals surface area contributed by atoms with Crippen molar-refractivity contribution >= 4 is 17.4 Å². The molecule has 0 saturated heterocycles. The number of anilines is 1. The van der Waals surface area contributed by atoms with E-state index in [0.29, 0.717) is 12.2 Å². The number of hydrogen-bond acceptors (Lipinski definition) is 5. The Hall–Kier alpha value is -2.79. The lowest BCUT2D eigenvalue weighted by Gasteiger charge is -2.12. The number of hydrogen-bond donors (Lipinski definition) is 3. The highest BCUT2D eigenvalue weighted by molar-refractivity contribution is 7.99. The Labute approximate surface area is 151 Å². The molecule has 128 valence electrons. The van der Waals surface area contributed by atoms with Crippen LogP contribution < -0.4 is 10.1 Å². The largest absolute Gasteiger partial charge is 0.508 e. The molecule has 3 N–H and O–H groups in total. The standard InChI is InChI=1S/C20H19NO3S/c1-24-16-7-9-17(10-8-16)25-20-5-3-2-4-14(20)13-21-18-11-6-15(22)12-19(18)23/h2-12,21-23H,13H2,1H3. The molecule has 0 atom stereocenters. The van der Waals surface area contributed by atoms with Gasteiger partial charge in [0.2, 0.25) is 0 Å². The molecule has 0 saturated carbocycles. The topological polar surface area (TPSA) is 61.7 Å². The molecule has 0 fully saturated rings. The molecule has 0 unspecified atom stereocenters. The minimum atomic E-state index is 0.0280. The fourth-order valence-corrected chi connectivity index (χ4v) is 3.32. The number of phenolic OH excluding ortho intramolecular Hbond substituents is 2. The second kappa shape index (κ2) is 7.85. The summed E-state index contributed by atoms with van der Waals surface area (Å²) in [6, 6.07) is 20.6. The molecule has 0 aliphatic carbocycles. The van der Waals surface area contributed by atoms with Gasteiger partial charge in [-0.2, -0.15) is 0 Å². The molecule has 0 aliphatic heterocycles. The van der Waals surface area contributed by atoms with Crippen molar-refractivity contribution in [3.05, 3.63) is 72.3 Å². The first-order chi connectivity index (χ1) is 12.2. The van der Waals surface area contributed by atoms with E-state index in [9.17, 15) is 10.2 Å². The van der Waals surface area contributed by atoms with Gasteiger partial charge in [0.1, 0.15) is 17.2 Å². The summed E-state index contributed by atoms with van der Waals surface area (Å²) in [5.41, 5.74) is 1.71. The zero-order valence-electron chi connectivity index (χ0n) is 13.8. The number of ether oxygens (including phenoxy) is 1. The Balaban J connectivity index is 1.73. The summed E-state index contributed by atoms with van der Waals surface area (Å²) >= 11 is 1.68. The smallest absolute Gasteiger partial charge is 0.142 e. The molecular weight excluding hydrogens is 334 g/mol. The fraction of sp³-hybridized carbons (Fsp3) is 0.100. The molecule has 0 aromatic heterocycles. The maximum Gasteiger partial charge on any atom is 0.142 e. The van der Waals surface area contributed by atoms with Crippen molar-refractivity contribution in [1.29, 1.82) is 0 Å². The highest BCUT2D eigenvalue weighted by Crippen LogP contribution is 2.33. The summed E-state index contributed by atoms with van der Waals surface area (Å²) in [6.07, 6.45) is 0. The van der Waals surface area contributed by atoms with Gasteiger partial charge in [-0.15, -0.1) is 0 Å². The summed E-state index contributed by atoms with van der Waals surface area (Å²) in [6.45, 7) is 0.567. The minimum absolute atomic E-state index is 0.0280. The first kappa shape index (κ1) is 17.0. The number of aromatic hydroxyl groups is 2. The van der Waals surface area contributed by atoms with Gasteiger partial charge >= 0.3 is 0 Å². The Morgan fingerprint density at radius 3 is 2.44 bits per heavy atom. The van der Waals surface area contributed by atoms with Crippen LogP contribution in [0.5, 0.6) is 17.2 Å². The predicted octanol–water partition coefficient (Wildman–Crippen LogP) is 4.87. The normalized spacial score (nSPS) is 10.4. The maximum absolute atomic E-state index is 9.88. The van der Waals surface area contributed by atoms with Crippen molar-refractivity contribution in [2.24, 2.45) is 0 Å². The van der Waals surface area contributed by atoms with Crippen LogP contribution in [0.15, 0.2) is 76.5 Å². The summed E-state index contributed by atoms with van der Waals surface area (Å²) < 4.78 is 5.19. The monoisotopic (exact) mass is 353 g/mol. The van der Waals surface area contributed by atoms with Crippen LogP contribution in [0.1, 0.15) is 5.56 Å². The van der Waals surface area contributed by atoms with E-state index in [0.717, 1.165) is 21.1 Å². The Bertz CT molecular complexity index is 850. The number of nitrogens with one attached hydrogen (secondary N) is 1. The molecule has 0 spiro atoms. The molecule has 0 radical (unpaired) electrons. The summed E-state index contributed by atoms with van der Waals surface area (Å²) in [4.78, 5) is 2.26. The van der Waals surface area contributed by atoms with Gasteiger partial charge in [-0.05, 0) is 48.0 Å². The van der Waals surface area contributed by atoms with Crippen LogP contribution >= 0.6 is 11.8 Å². The van der Waals surface area contributed by atoms with E-state index in [4.69, 9.17) is 4.74 Å². The van der Waals surface area contributed by atoms with E-state index in [-0.39, 0.29) is 11.5 Å². The zero-order chi connectivity index (χ0) is 17.6. The summed E-state index contributed by atoms with van der Waals surface area (Å²) in [5, 5.41) is 22.5. The Morgan fingerprint density at radius 1 is 0.960 bits per heavy atom. The second-order valence-electron chi connectivity index (χ2n) is 5.44. The van der Waals surface area contributed by atoms with Crippen molar-refractivity contribution < 1.29 is 14.9 Å². The third-order valence-electron chi connectivity index (χ3n) is 3.71. The Morgan fingerprint density at radius 2 is 1.72 bits per heavy atom. The molecule has 0 amide bonds. The number of rotatable bonds is 6. The van der Waals surface area contributed by atoms with Crippen molar-refractivity contribution in [3.63, 3.8) is 0 Å². The van der Waals surface area contributed by atoms with Gasteiger partial charge in [-0.3, -0.25) is 0 Å². The molecule has 3 aromatic carbocycles. The highest BCUT2D eigenvalue weighted by atomic mass is 32.2.